The van der Waals surface area contributed by atoms with Crippen LogP contribution in [0.25, 0.3) is 11.3 Å². The predicted molar refractivity (Wildman–Crippen MR) is 97.6 cm³/mol. The molecule has 0 radical (unpaired) electrons. The summed E-state index contributed by atoms with van der Waals surface area (Å²) >= 11 is 6.19. The number of hydrogen-bond donors (Lipinski definition) is 0. The predicted octanol–water partition coefficient (Wildman–Crippen LogP) is 3.63. The van der Waals surface area contributed by atoms with Crippen LogP contribution in [0.3, 0.4) is 0 Å². The molecule has 0 fully saturated rings. The van der Waals surface area contributed by atoms with Crippen molar-refractivity contribution in [3.63, 3.8) is 0 Å². The summed E-state index contributed by atoms with van der Waals surface area (Å²) < 4.78 is 12.1. The number of aromatic nitrogens is 2. The van der Waals surface area contributed by atoms with E-state index >= 15 is 0 Å². The van der Waals surface area contributed by atoms with E-state index in [0.29, 0.717) is 28.8 Å². The van der Waals surface area contributed by atoms with E-state index in [4.69, 9.17) is 21.1 Å². The van der Waals surface area contributed by atoms with E-state index in [9.17, 15) is 4.79 Å². The van der Waals surface area contributed by atoms with Crippen LogP contribution in [0, 0.1) is 0 Å². The van der Waals surface area contributed by atoms with E-state index in [-0.39, 0.29) is 5.56 Å². The Labute approximate surface area is 150 Å². The fourth-order valence-electron chi connectivity index (χ4n) is 2.51. The van der Waals surface area contributed by atoms with Crippen LogP contribution in [0.5, 0.6) is 11.5 Å². The number of methoxy groups -OCH3 is 2. The Morgan fingerprint density at radius 2 is 1.84 bits per heavy atom. The van der Waals surface area contributed by atoms with Gasteiger partial charge in [0.1, 0.15) is 11.5 Å². The number of nitrogens with zero attached hydrogens (tertiary/aromatic N) is 2. The van der Waals surface area contributed by atoms with Gasteiger partial charge in [-0.1, -0.05) is 29.8 Å². The highest BCUT2D eigenvalue weighted by molar-refractivity contribution is 6.31. The summed E-state index contributed by atoms with van der Waals surface area (Å²) in [5.41, 5.74) is 1.98. The molecule has 1 aromatic heterocycles. The molecule has 128 valence electrons. The average Bonchev–Trinajstić information content (AvgIpc) is 2.64. The quantitative estimate of drug-likeness (QED) is 0.700. The lowest BCUT2D eigenvalue weighted by atomic mass is 10.1. The molecule has 0 N–H and O–H groups in total. The summed E-state index contributed by atoms with van der Waals surface area (Å²) in [6.07, 6.45) is 0. The molecule has 6 heteroatoms. The second kappa shape index (κ2) is 7.40. The minimum atomic E-state index is -0.203. The van der Waals surface area contributed by atoms with Crippen molar-refractivity contribution in [2.24, 2.45) is 0 Å². The average molecular weight is 357 g/mol. The Morgan fingerprint density at radius 3 is 2.56 bits per heavy atom. The summed E-state index contributed by atoms with van der Waals surface area (Å²) in [6, 6.07) is 16.0. The van der Waals surface area contributed by atoms with Gasteiger partial charge < -0.3 is 9.47 Å². The van der Waals surface area contributed by atoms with Crippen LogP contribution in [-0.4, -0.2) is 24.0 Å². The monoisotopic (exact) mass is 356 g/mol. The van der Waals surface area contributed by atoms with Crippen molar-refractivity contribution >= 4 is 11.6 Å². The first-order valence-electron chi connectivity index (χ1n) is 7.66. The molecule has 0 amide bonds. The summed E-state index contributed by atoms with van der Waals surface area (Å²) in [5.74, 6) is 1.33. The lowest BCUT2D eigenvalue weighted by molar-refractivity contribution is 0.404. The molecule has 0 aliphatic heterocycles. The van der Waals surface area contributed by atoms with Gasteiger partial charge in [0.05, 0.1) is 26.5 Å². The lowest BCUT2D eigenvalue weighted by Crippen LogP contribution is -2.23. The van der Waals surface area contributed by atoms with Gasteiger partial charge >= 0.3 is 0 Å². The van der Waals surface area contributed by atoms with Crippen molar-refractivity contribution < 1.29 is 9.47 Å². The first-order valence-corrected chi connectivity index (χ1v) is 8.04. The smallest absolute Gasteiger partial charge is 0.267 e. The summed E-state index contributed by atoms with van der Waals surface area (Å²) in [7, 11) is 3.18. The summed E-state index contributed by atoms with van der Waals surface area (Å²) in [5, 5.41) is 5.07. The molecule has 0 saturated carbocycles. The largest absolute Gasteiger partial charge is 0.497 e. The second-order valence-corrected chi connectivity index (χ2v) is 5.78. The topological polar surface area (TPSA) is 53.4 Å². The van der Waals surface area contributed by atoms with Gasteiger partial charge in [-0.3, -0.25) is 4.79 Å². The number of benzene rings is 2. The molecule has 0 aliphatic rings. The standard InChI is InChI=1S/C19H17ClN2O3/c1-24-14-7-9-18(25-2)15(11-14)17-8-10-19(23)22(21-17)12-13-5-3-4-6-16(13)20/h3-11H,12H2,1-2H3. The van der Waals surface area contributed by atoms with Crippen LogP contribution in [0.15, 0.2) is 59.4 Å². The lowest BCUT2D eigenvalue weighted by Gasteiger charge is -2.12. The number of hydrogen-bond acceptors (Lipinski definition) is 4. The van der Waals surface area contributed by atoms with Crippen molar-refractivity contribution in [3.8, 4) is 22.8 Å². The zero-order valence-electron chi connectivity index (χ0n) is 13.9. The van der Waals surface area contributed by atoms with Crippen molar-refractivity contribution in [2.45, 2.75) is 6.54 Å². The van der Waals surface area contributed by atoms with Gasteiger partial charge in [-0.05, 0) is 35.9 Å². The van der Waals surface area contributed by atoms with Crippen LogP contribution in [0.4, 0.5) is 0 Å². The van der Waals surface area contributed by atoms with E-state index in [2.05, 4.69) is 5.10 Å². The molecule has 0 aliphatic carbocycles. The van der Waals surface area contributed by atoms with Crippen molar-refractivity contribution in [3.05, 3.63) is 75.5 Å². The summed E-state index contributed by atoms with van der Waals surface area (Å²) in [6.45, 7) is 0.290. The van der Waals surface area contributed by atoms with E-state index in [1.165, 1.54) is 10.7 Å². The van der Waals surface area contributed by atoms with Crippen LogP contribution < -0.4 is 15.0 Å². The maximum absolute atomic E-state index is 12.2. The molecule has 25 heavy (non-hydrogen) atoms. The SMILES string of the molecule is COc1ccc(OC)c(-c2ccc(=O)n(Cc3ccccc3Cl)n2)c1. The minimum absolute atomic E-state index is 0.203. The van der Waals surface area contributed by atoms with Gasteiger partial charge in [-0.15, -0.1) is 0 Å². The fraction of sp³-hybridized carbons (Fsp3) is 0.158. The third-order valence-corrected chi connectivity index (χ3v) is 4.20. The van der Waals surface area contributed by atoms with E-state index in [0.717, 1.165) is 11.1 Å². The molecule has 1 heterocycles. The third-order valence-electron chi connectivity index (χ3n) is 3.83. The Bertz CT molecular complexity index is 953. The highest BCUT2D eigenvalue weighted by Gasteiger charge is 2.11. The van der Waals surface area contributed by atoms with Crippen LogP contribution in [0.1, 0.15) is 5.56 Å². The van der Waals surface area contributed by atoms with Crippen LogP contribution in [0.2, 0.25) is 5.02 Å². The van der Waals surface area contributed by atoms with Gasteiger partial charge in [0.25, 0.3) is 5.56 Å². The Kier molecular flexibility index (Phi) is 5.05. The molecule has 0 saturated heterocycles. The minimum Gasteiger partial charge on any atom is -0.497 e. The maximum atomic E-state index is 12.2. The van der Waals surface area contributed by atoms with Gasteiger partial charge in [-0.2, -0.15) is 5.10 Å². The molecular formula is C19H17ClN2O3. The van der Waals surface area contributed by atoms with Gasteiger partial charge in [-0.25, -0.2) is 4.68 Å². The zero-order valence-corrected chi connectivity index (χ0v) is 14.7. The van der Waals surface area contributed by atoms with Gasteiger partial charge in [0.15, 0.2) is 0 Å². The van der Waals surface area contributed by atoms with Crippen LogP contribution in [-0.2, 0) is 6.54 Å². The molecular weight excluding hydrogens is 340 g/mol. The molecule has 0 unspecified atom stereocenters. The summed E-state index contributed by atoms with van der Waals surface area (Å²) in [4.78, 5) is 12.2. The fourth-order valence-corrected chi connectivity index (χ4v) is 2.70. The molecule has 3 rings (SSSR count). The highest BCUT2D eigenvalue weighted by atomic mass is 35.5. The van der Waals surface area contributed by atoms with Gasteiger partial charge in [0, 0.05) is 16.7 Å². The number of ether oxygens (including phenoxy) is 2. The van der Waals surface area contributed by atoms with Crippen molar-refractivity contribution in [1.82, 2.24) is 9.78 Å². The van der Waals surface area contributed by atoms with Gasteiger partial charge in [0.2, 0.25) is 0 Å². The first kappa shape index (κ1) is 17.0. The van der Waals surface area contributed by atoms with Crippen LogP contribution >= 0.6 is 11.6 Å². The maximum Gasteiger partial charge on any atom is 0.267 e. The second-order valence-electron chi connectivity index (χ2n) is 5.37. The molecule has 0 spiro atoms. The normalized spacial score (nSPS) is 10.5. The number of rotatable bonds is 5. The first-order chi connectivity index (χ1) is 12.1. The molecule has 3 aromatic rings. The van der Waals surface area contributed by atoms with E-state index < -0.39 is 0 Å². The zero-order chi connectivity index (χ0) is 17.8. The molecule has 5 nitrogen and oxygen atoms in total. The Morgan fingerprint density at radius 1 is 1.04 bits per heavy atom. The Balaban J connectivity index is 2.05. The van der Waals surface area contributed by atoms with Crippen molar-refractivity contribution in [2.75, 3.05) is 14.2 Å². The highest BCUT2D eigenvalue weighted by Crippen LogP contribution is 2.31. The molecule has 0 bridgehead atoms. The molecule has 2 aromatic carbocycles. The number of halogens is 1. The third kappa shape index (κ3) is 3.67. The molecule has 0 atom stereocenters. The Hall–Kier alpha value is -2.79. The van der Waals surface area contributed by atoms with Crippen molar-refractivity contribution in [1.29, 1.82) is 0 Å². The van der Waals surface area contributed by atoms with E-state index in [1.54, 1.807) is 32.4 Å². The van der Waals surface area contributed by atoms with E-state index in [1.807, 2.05) is 30.3 Å².